The monoisotopic (exact) mass is 235 g/mol. The van der Waals surface area contributed by atoms with Gasteiger partial charge in [-0.2, -0.15) is 0 Å². The number of hydrogen-bond donors (Lipinski definition) is 1. The zero-order chi connectivity index (χ0) is 12.1. The molecule has 1 aromatic heterocycles. The summed E-state index contributed by atoms with van der Waals surface area (Å²) in [5.74, 6) is 0.515. The summed E-state index contributed by atoms with van der Waals surface area (Å²) in [5.41, 5.74) is 2.00. The maximum absolute atomic E-state index is 5.57. The van der Waals surface area contributed by atoms with Gasteiger partial charge in [-0.05, 0) is 26.3 Å². The van der Waals surface area contributed by atoms with Crippen molar-refractivity contribution in [1.29, 1.82) is 0 Å². The van der Waals surface area contributed by atoms with Crippen LogP contribution in [0.4, 0.5) is 0 Å². The SMILES string of the molecule is CCNC(c1cnc(C)cn1)C1CCCOC1. The first-order valence-corrected chi connectivity index (χ1v) is 6.41. The van der Waals surface area contributed by atoms with Crippen molar-refractivity contribution in [2.75, 3.05) is 19.8 Å². The summed E-state index contributed by atoms with van der Waals surface area (Å²) in [6, 6.07) is 0.272. The first-order valence-electron chi connectivity index (χ1n) is 6.41. The summed E-state index contributed by atoms with van der Waals surface area (Å²) < 4.78 is 5.57. The summed E-state index contributed by atoms with van der Waals surface area (Å²) in [5, 5.41) is 3.51. The maximum Gasteiger partial charge on any atom is 0.0760 e. The van der Waals surface area contributed by atoms with Gasteiger partial charge in [0.15, 0.2) is 0 Å². The quantitative estimate of drug-likeness (QED) is 0.865. The average Bonchev–Trinajstić information content (AvgIpc) is 2.38. The molecule has 4 heteroatoms. The van der Waals surface area contributed by atoms with Crippen LogP contribution in [0.3, 0.4) is 0 Å². The molecule has 17 heavy (non-hydrogen) atoms. The molecule has 1 aliphatic heterocycles. The lowest BCUT2D eigenvalue weighted by Gasteiger charge is -2.30. The Morgan fingerprint density at radius 1 is 1.47 bits per heavy atom. The van der Waals surface area contributed by atoms with Gasteiger partial charge in [0.25, 0.3) is 0 Å². The fourth-order valence-corrected chi connectivity index (χ4v) is 2.32. The molecule has 2 rings (SSSR count). The Morgan fingerprint density at radius 3 is 2.94 bits per heavy atom. The highest BCUT2D eigenvalue weighted by Crippen LogP contribution is 2.27. The van der Waals surface area contributed by atoms with Gasteiger partial charge in [-0.25, -0.2) is 0 Å². The molecule has 1 N–H and O–H groups in total. The molecule has 0 saturated carbocycles. The minimum absolute atomic E-state index is 0.272. The van der Waals surface area contributed by atoms with Gasteiger partial charge in [0, 0.05) is 18.7 Å². The van der Waals surface area contributed by atoms with Crippen LogP contribution >= 0.6 is 0 Å². The highest BCUT2D eigenvalue weighted by Gasteiger charge is 2.26. The topological polar surface area (TPSA) is 47.0 Å². The number of nitrogens with one attached hydrogen (secondary N) is 1. The number of aromatic nitrogens is 2. The fraction of sp³-hybridized carbons (Fsp3) is 0.692. The molecule has 0 aromatic carbocycles. The second kappa shape index (κ2) is 6.07. The minimum atomic E-state index is 0.272. The largest absolute Gasteiger partial charge is 0.381 e. The van der Waals surface area contributed by atoms with E-state index in [4.69, 9.17) is 4.74 Å². The highest BCUT2D eigenvalue weighted by molar-refractivity contribution is 5.07. The molecular weight excluding hydrogens is 214 g/mol. The highest BCUT2D eigenvalue weighted by atomic mass is 16.5. The van der Waals surface area contributed by atoms with E-state index in [-0.39, 0.29) is 6.04 Å². The van der Waals surface area contributed by atoms with Crippen LogP contribution in [0.15, 0.2) is 12.4 Å². The van der Waals surface area contributed by atoms with Crippen molar-refractivity contribution < 1.29 is 4.74 Å². The molecule has 2 heterocycles. The number of ether oxygens (including phenoxy) is 1. The Balaban J connectivity index is 2.12. The molecule has 2 atom stereocenters. The second-order valence-corrected chi connectivity index (χ2v) is 4.60. The van der Waals surface area contributed by atoms with Crippen molar-refractivity contribution >= 4 is 0 Å². The van der Waals surface area contributed by atoms with Crippen LogP contribution in [0.2, 0.25) is 0 Å². The third-order valence-electron chi connectivity index (χ3n) is 3.21. The summed E-state index contributed by atoms with van der Waals surface area (Å²) in [4.78, 5) is 8.83. The number of nitrogens with zero attached hydrogens (tertiary/aromatic N) is 2. The molecule has 1 fully saturated rings. The van der Waals surface area contributed by atoms with E-state index < -0.39 is 0 Å². The lowest BCUT2D eigenvalue weighted by atomic mass is 9.91. The van der Waals surface area contributed by atoms with Crippen molar-refractivity contribution in [1.82, 2.24) is 15.3 Å². The van der Waals surface area contributed by atoms with Gasteiger partial charge >= 0.3 is 0 Å². The van der Waals surface area contributed by atoms with Crippen LogP contribution in [0.5, 0.6) is 0 Å². The van der Waals surface area contributed by atoms with Gasteiger partial charge < -0.3 is 10.1 Å². The lowest BCUT2D eigenvalue weighted by Crippen LogP contribution is -2.34. The second-order valence-electron chi connectivity index (χ2n) is 4.60. The Labute approximate surface area is 103 Å². The smallest absolute Gasteiger partial charge is 0.0760 e. The van der Waals surface area contributed by atoms with E-state index in [0.717, 1.165) is 37.6 Å². The van der Waals surface area contributed by atoms with Crippen LogP contribution < -0.4 is 5.32 Å². The molecule has 1 saturated heterocycles. The first kappa shape index (κ1) is 12.5. The molecule has 0 radical (unpaired) electrons. The van der Waals surface area contributed by atoms with E-state index in [1.165, 1.54) is 6.42 Å². The van der Waals surface area contributed by atoms with Crippen molar-refractivity contribution in [2.24, 2.45) is 5.92 Å². The van der Waals surface area contributed by atoms with Crippen LogP contribution in [0.25, 0.3) is 0 Å². The molecule has 0 spiro atoms. The van der Waals surface area contributed by atoms with Gasteiger partial charge in [-0.1, -0.05) is 6.92 Å². The summed E-state index contributed by atoms with van der Waals surface area (Å²) in [6.07, 6.45) is 6.07. The normalized spacial score (nSPS) is 22.4. The van der Waals surface area contributed by atoms with Gasteiger partial charge in [0.05, 0.1) is 30.2 Å². The molecule has 1 aliphatic rings. The zero-order valence-corrected chi connectivity index (χ0v) is 10.6. The Hall–Kier alpha value is -1.00. The molecule has 0 amide bonds. The van der Waals surface area contributed by atoms with Crippen LogP contribution in [0.1, 0.15) is 37.2 Å². The molecule has 1 aromatic rings. The van der Waals surface area contributed by atoms with Crippen molar-refractivity contribution in [3.63, 3.8) is 0 Å². The third kappa shape index (κ3) is 3.23. The first-order chi connectivity index (χ1) is 8.31. The van der Waals surface area contributed by atoms with Gasteiger partial charge in [0.2, 0.25) is 0 Å². The molecule has 0 bridgehead atoms. The van der Waals surface area contributed by atoms with Gasteiger partial charge in [-0.15, -0.1) is 0 Å². The van der Waals surface area contributed by atoms with Crippen molar-refractivity contribution in [3.8, 4) is 0 Å². The molecular formula is C13H21N3O. The Bertz CT molecular complexity index is 333. The van der Waals surface area contributed by atoms with Crippen LogP contribution in [-0.4, -0.2) is 29.7 Å². The van der Waals surface area contributed by atoms with E-state index in [1.807, 2.05) is 19.3 Å². The van der Waals surface area contributed by atoms with E-state index in [9.17, 15) is 0 Å². The van der Waals surface area contributed by atoms with E-state index in [1.54, 1.807) is 0 Å². The Morgan fingerprint density at radius 2 is 2.35 bits per heavy atom. The number of aryl methyl sites for hydroxylation is 1. The van der Waals surface area contributed by atoms with E-state index in [0.29, 0.717) is 5.92 Å². The zero-order valence-electron chi connectivity index (χ0n) is 10.6. The predicted octanol–water partition coefficient (Wildman–Crippen LogP) is 1.86. The summed E-state index contributed by atoms with van der Waals surface area (Å²) >= 11 is 0. The lowest BCUT2D eigenvalue weighted by molar-refractivity contribution is 0.0386. The van der Waals surface area contributed by atoms with Crippen LogP contribution in [0, 0.1) is 12.8 Å². The van der Waals surface area contributed by atoms with Crippen LogP contribution in [-0.2, 0) is 4.74 Å². The summed E-state index contributed by atoms with van der Waals surface area (Å²) in [6.45, 7) is 6.75. The fourth-order valence-electron chi connectivity index (χ4n) is 2.32. The standard InChI is InChI=1S/C13H21N3O/c1-3-14-13(11-5-4-6-17-9-11)12-8-15-10(2)7-16-12/h7-8,11,13-14H,3-6,9H2,1-2H3. The Kier molecular flexibility index (Phi) is 4.45. The van der Waals surface area contributed by atoms with E-state index >= 15 is 0 Å². The maximum atomic E-state index is 5.57. The van der Waals surface area contributed by atoms with Crippen molar-refractivity contribution in [3.05, 3.63) is 23.8 Å². The average molecular weight is 235 g/mol. The molecule has 0 aliphatic carbocycles. The molecule has 2 unspecified atom stereocenters. The van der Waals surface area contributed by atoms with Crippen molar-refractivity contribution in [2.45, 2.75) is 32.7 Å². The minimum Gasteiger partial charge on any atom is -0.381 e. The van der Waals surface area contributed by atoms with Gasteiger partial charge in [-0.3, -0.25) is 9.97 Å². The predicted molar refractivity (Wildman–Crippen MR) is 66.7 cm³/mol. The summed E-state index contributed by atoms with van der Waals surface area (Å²) in [7, 11) is 0. The third-order valence-corrected chi connectivity index (χ3v) is 3.21. The molecule has 94 valence electrons. The molecule has 4 nitrogen and oxygen atoms in total. The van der Waals surface area contributed by atoms with Gasteiger partial charge in [0.1, 0.15) is 0 Å². The van der Waals surface area contributed by atoms with E-state index in [2.05, 4.69) is 22.2 Å². The number of rotatable bonds is 4. The number of hydrogen-bond acceptors (Lipinski definition) is 4.